The monoisotopic (exact) mass is 645 g/mol. The Labute approximate surface area is 267 Å². The molecule has 1 saturated heterocycles. The van der Waals surface area contributed by atoms with E-state index in [1.807, 2.05) is 38.1 Å². The number of aromatic nitrogens is 1. The number of β-amino-alcohol motifs (C(OH)–C–C–N with tert-alkyl or cyclic N) is 1. The topological polar surface area (TPSA) is 150 Å². The number of rotatable bonds is 13. The second-order valence-corrected chi connectivity index (χ2v) is 13.7. The Morgan fingerprint density at radius 3 is 2.44 bits per heavy atom. The molecule has 2 fully saturated rings. The fourth-order valence-electron chi connectivity index (χ4n) is 5.35. The van der Waals surface area contributed by atoms with Crippen LogP contribution in [0.1, 0.15) is 70.7 Å². The third-order valence-corrected chi connectivity index (χ3v) is 9.13. The number of halogens is 1. The van der Waals surface area contributed by atoms with Crippen LogP contribution in [0.5, 0.6) is 0 Å². The van der Waals surface area contributed by atoms with Crippen molar-refractivity contribution in [3.8, 4) is 10.4 Å². The average molecular weight is 646 g/mol. The number of alkyl halides is 1. The van der Waals surface area contributed by atoms with Crippen LogP contribution >= 0.6 is 11.3 Å². The van der Waals surface area contributed by atoms with Gasteiger partial charge in [-0.15, -0.1) is 11.3 Å². The van der Waals surface area contributed by atoms with Crippen LogP contribution in [0.2, 0.25) is 0 Å². The molecule has 2 heterocycles. The molecule has 2 aromatic rings. The van der Waals surface area contributed by atoms with Gasteiger partial charge in [0.15, 0.2) is 5.67 Å². The van der Waals surface area contributed by atoms with Gasteiger partial charge >= 0.3 is 0 Å². The Kier molecular flexibility index (Phi) is 11.0. The normalized spacial score (nSPS) is 20.3. The molecular formula is C32H44FN5O6S. The fourth-order valence-corrected chi connectivity index (χ4v) is 6.16. The molecule has 4 rings (SSSR count). The van der Waals surface area contributed by atoms with Crippen molar-refractivity contribution in [2.24, 2.45) is 5.41 Å². The number of likely N-dealkylation sites (tertiary alicyclic amines) is 1. The fraction of sp³-hybridized carbons (Fsp3) is 0.594. The second-order valence-electron chi connectivity index (χ2n) is 12.8. The zero-order valence-corrected chi connectivity index (χ0v) is 27.3. The van der Waals surface area contributed by atoms with Crippen molar-refractivity contribution in [1.29, 1.82) is 0 Å². The average Bonchev–Trinajstić information content (AvgIpc) is 3.39. The van der Waals surface area contributed by atoms with Crippen molar-refractivity contribution in [3.05, 3.63) is 41.0 Å². The number of aliphatic hydroxyl groups is 1. The van der Waals surface area contributed by atoms with E-state index in [4.69, 9.17) is 4.74 Å². The quantitative estimate of drug-likeness (QED) is 0.245. The Balaban J connectivity index is 1.54. The van der Waals surface area contributed by atoms with Crippen LogP contribution < -0.4 is 16.0 Å². The summed E-state index contributed by atoms with van der Waals surface area (Å²) >= 11 is 1.52. The molecule has 1 aliphatic heterocycles. The van der Waals surface area contributed by atoms with E-state index in [2.05, 4.69) is 20.9 Å². The SMILES string of the molecule is CCOCCNC(=O)C[C@H](NC(=O)C1C[C@@H](O)CN1C(=O)[C@@H](NC(=O)C1(F)CC1)C(C)(C)C)c1ccc(-c2scnc2C)cc1. The minimum atomic E-state index is -1.98. The van der Waals surface area contributed by atoms with Crippen LogP contribution in [0.3, 0.4) is 0 Å². The Hall–Kier alpha value is -3.42. The molecule has 1 aromatic carbocycles. The molecular weight excluding hydrogens is 601 g/mol. The number of amides is 4. The largest absolute Gasteiger partial charge is 0.391 e. The van der Waals surface area contributed by atoms with Crippen LogP contribution in [-0.4, -0.2) is 88.8 Å². The summed E-state index contributed by atoms with van der Waals surface area (Å²) in [5.74, 6) is -2.26. The lowest BCUT2D eigenvalue weighted by Crippen LogP contribution is -2.59. The summed E-state index contributed by atoms with van der Waals surface area (Å²) in [6.45, 7) is 10.1. The van der Waals surface area contributed by atoms with E-state index in [0.29, 0.717) is 25.3 Å². The van der Waals surface area contributed by atoms with Crippen molar-refractivity contribution in [2.75, 3.05) is 26.3 Å². The highest BCUT2D eigenvalue weighted by Gasteiger charge is 2.53. The van der Waals surface area contributed by atoms with Crippen LogP contribution in [-0.2, 0) is 23.9 Å². The van der Waals surface area contributed by atoms with Gasteiger partial charge in [-0.2, -0.15) is 0 Å². The number of benzene rings is 1. The summed E-state index contributed by atoms with van der Waals surface area (Å²) in [5, 5.41) is 18.9. The summed E-state index contributed by atoms with van der Waals surface area (Å²) in [5.41, 5.74) is 1.54. The maximum absolute atomic E-state index is 14.5. The van der Waals surface area contributed by atoms with Crippen LogP contribution in [0.25, 0.3) is 10.4 Å². The number of hydrogen-bond acceptors (Lipinski definition) is 8. The van der Waals surface area contributed by atoms with Gasteiger partial charge < -0.3 is 30.7 Å². The highest BCUT2D eigenvalue weighted by molar-refractivity contribution is 7.13. The first-order valence-corrected chi connectivity index (χ1v) is 16.2. The summed E-state index contributed by atoms with van der Waals surface area (Å²) in [7, 11) is 0. The first-order chi connectivity index (χ1) is 21.2. The lowest BCUT2D eigenvalue weighted by Gasteiger charge is -2.36. The zero-order valence-electron chi connectivity index (χ0n) is 26.5. The number of aryl methyl sites for hydroxylation is 1. The minimum absolute atomic E-state index is 0.0215. The number of nitrogens with one attached hydrogen (secondary N) is 3. The third-order valence-electron chi connectivity index (χ3n) is 8.15. The van der Waals surface area contributed by atoms with E-state index in [9.17, 15) is 28.7 Å². The molecule has 0 bridgehead atoms. The first-order valence-electron chi connectivity index (χ1n) is 15.4. The Morgan fingerprint density at radius 1 is 1.18 bits per heavy atom. The molecule has 45 heavy (non-hydrogen) atoms. The van der Waals surface area contributed by atoms with Gasteiger partial charge in [0.2, 0.25) is 17.7 Å². The van der Waals surface area contributed by atoms with Crippen LogP contribution in [0.15, 0.2) is 29.8 Å². The summed E-state index contributed by atoms with van der Waals surface area (Å²) in [6, 6.07) is 4.59. The third kappa shape index (κ3) is 8.65. The predicted molar refractivity (Wildman–Crippen MR) is 168 cm³/mol. The van der Waals surface area contributed by atoms with E-state index in [-0.39, 0.29) is 38.1 Å². The maximum atomic E-state index is 14.5. The standard InChI is InChI=1S/C32H44FN5O6S/c1-6-44-14-13-34-25(40)16-23(20-7-9-21(10-8-20)26-19(2)35-18-45-26)36-28(41)24-15-22(39)17-38(24)29(42)27(31(3,4)5)37-30(43)32(33)11-12-32/h7-10,18,22-24,27,39H,6,11-17H2,1-5H3,(H,34,40)(H,36,41)(H,37,43)/t22-,23+,24?,27-/m1/s1. The van der Waals surface area contributed by atoms with Crippen molar-refractivity contribution < 1.29 is 33.4 Å². The van der Waals surface area contributed by atoms with Crippen molar-refractivity contribution in [1.82, 2.24) is 25.8 Å². The molecule has 1 aliphatic carbocycles. The number of thiazole rings is 1. The maximum Gasteiger partial charge on any atom is 0.258 e. The molecule has 246 valence electrons. The smallest absolute Gasteiger partial charge is 0.258 e. The molecule has 1 unspecified atom stereocenters. The van der Waals surface area contributed by atoms with Crippen molar-refractivity contribution in [2.45, 2.75) is 90.2 Å². The Morgan fingerprint density at radius 2 is 1.87 bits per heavy atom. The number of carbonyl (C=O) groups is 4. The summed E-state index contributed by atoms with van der Waals surface area (Å²) in [4.78, 5) is 59.7. The number of nitrogens with zero attached hydrogens (tertiary/aromatic N) is 2. The molecule has 1 aromatic heterocycles. The second kappa shape index (κ2) is 14.3. The molecule has 13 heteroatoms. The van der Waals surface area contributed by atoms with Gasteiger partial charge in [0.05, 0.1) is 41.3 Å². The predicted octanol–water partition coefficient (Wildman–Crippen LogP) is 2.81. The van der Waals surface area contributed by atoms with E-state index >= 15 is 0 Å². The molecule has 4 N–H and O–H groups in total. The number of carbonyl (C=O) groups excluding carboxylic acids is 4. The molecule has 0 spiro atoms. The zero-order chi connectivity index (χ0) is 32.9. The lowest BCUT2D eigenvalue weighted by atomic mass is 9.85. The molecule has 1 saturated carbocycles. The van der Waals surface area contributed by atoms with Gasteiger partial charge in [-0.25, -0.2) is 9.37 Å². The van der Waals surface area contributed by atoms with Gasteiger partial charge in [-0.1, -0.05) is 45.0 Å². The molecule has 4 atom stereocenters. The van der Waals surface area contributed by atoms with Gasteiger partial charge in [0.25, 0.3) is 5.91 Å². The molecule has 2 aliphatic rings. The van der Waals surface area contributed by atoms with Crippen molar-refractivity contribution >= 4 is 35.0 Å². The van der Waals surface area contributed by atoms with Crippen molar-refractivity contribution in [3.63, 3.8) is 0 Å². The highest BCUT2D eigenvalue weighted by Crippen LogP contribution is 2.40. The van der Waals surface area contributed by atoms with Gasteiger partial charge in [-0.3, -0.25) is 19.2 Å². The number of ether oxygens (including phenoxy) is 1. The summed E-state index contributed by atoms with van der Waals surface area (Å²) in [6.07, 6.45) is -0.865. The lowest BCUT2D eigenvalue weighted by molar-refractivity contribution is -0.145. The number of hydrogen-bond donors (Lipinski definition) is 4. The van der Waals surface area contributed by atoms with Gasteiger partial charge in [0, 0.05) is 26.1 Å². The molecule has 11 nitrogen and oxygen atoms in total. The van der Waals surface area contributed by atoms with E-state index in [1.165, 1.54) is 16.2 Å². The summed E-state index contributed by atoms with van der Waals surface area (Å²) < 4.78 is 19.8. The van der Waals surface area contributed by atoms with Crippen LogP contribution in [0, 0.1) is 12.3 Å². The number of aliphatic hydroxyl groups excluding tert-OH is 1. The minimum Gasteiger partial charge on any atom is -0.391 e. The highest BCUT2D eigenvalue weighted by atomic mass is 32.1. The van der Waals surface area contributed by atoms with E-state index in [1.54, 1.807) is 26.3 Å². The van der Waals surface area contributed by atoms with Gasteiger partial charge in [-0.05, 0) is 43.2 Å². The Bertz CT molecular complexity index is 1370. The van der Waals surface area contributed by atoms with E-state index in [0.717, 1.165) is 16.1 Å². The van der Waals surface area contributed by atoms with Gasteiger partial charge in [0.1, 0.15) is 12.1 Å². The molecule has 4 amide bonds. The molecule has 0 radical (unpaired) electrons. The first kappa shape index (κ1) is 34.5. The van der Waals surface area contributed by atoms with E-state index < -0.39 is 53.0 Å². The van der Waals surface area contributed by atoms with Crippen LogP contribution in [0.4, 0.5) is 4.39 Å².